The lowest BCUT2D eigenvalue weighted by Crippen LogP contribution is -2.37. The van der Waals surface area contributed by atoms with E-state index in [9.17, 15) is 4.79 Å². The molecule has 1 aromatic heterocycles. The number of benzene rings is 2. The molecule has 3 rings (SSSR count). The lowest BCUT2D eigenvalue weighted by atomic mass is 10.1. The lowest BCUT2D eigenvalue weighted by molar-refractivity contribution is -0.119. The number of carbonyl (C=O) groups excluding carboxylic acids is 1. The molecular formula is C22H24N2O2S. The molecule has 0 bridgehead atoms. The number of rotatable bonds is 7. The summed E-state index contributed by atoms with van der Waals surface area (Å²) in [6.07, 6.45) is 0. The molecule has 0 aliphatic rings. The van der Waals surface area contributed by atoms with Crippen molar-refractivity contribution in [3.05, 3.63) is 60.7 Å². The maximum Gasteiger partial charge on any atom is 0.257 e. The molecule has 4 nitrogen and oxygen atoms in total. The fourth-order valence-corrected chi connectivity index (χ4v) is 3.16. The molecule has 0 unspecified atom stereocenters. The zero-order valence-corrected chi connectivity index (χ0v) is 16.6. The summed E-state index contributed by atoms with van der Waals surface area (Å²) in [6.45, 7) is 6.19. The van der Waals surface area contributed by atoms with Gasteiger partial charge in [-0.25, -0.2) is 4.98 Å². The highest BCUT2D eigenvalue weighted by atomic mass is 32.2. The van der Waals surface area contributed by atoms with Crippen LogP contribution in [0.5, 0.6) is 0 Å². The number of aromatic nitrogens is 1. The Labute approximate surface area is 164 Å². The first-order valence-corrected chi connectivity index (χ1v) is 10.1. The van der Waals surface area contributed by atoms with Crippen molar-refractivity contribution in [1.82, 2.24) is 10.3 Å². The molecule has 0 aliphatic heterocycles. The molecule has 0 aliphatic carbocycles. The van der Waals surface area contributed by atoms with Crippen LogP contribution in [0.1, 0.15) is 20.8 Å². The molecule has 1 amide bonds. The maximum absolute atomic E-state index is 12.2. The summed E-state index contributed by atoms with van der Waals surface area (Å²) in [4.78, 5) is 16.8. The quantitative estimate of drug-likeness (QED) is 0.568. The SMILES string of the molecule is CC(C)[C@H](C)NC(=O)CSc1nc(-c2ccccc2)c(-c2ccccc2)o1. The number of hydrogen-bond acceptors (Lipinski definition) is 4. The first-order chi connectivity index (χ1) is 13.0. The number of carbonyl (C=O) groups is 1. The summed E-state index contributed by atoms with van der Waals surface area (Å²) in [5, 5.41) is 3.51. The highest BCUT2D eigenvalue weighted by Crippen LogP contribution is 2.35. The van der Waals surface area contributed by atoms with Crippen LogP contribution in [-0.2, 0) is 4.79 Å². The van der Waals surface area contributed by atoms with Crippen molar-refractivity contribution in [1.29, 1.82) is 0 Å². The fourth-order valence-electron chi connectivity index (χ4n) is 2.53. The molecule has 0 saturated carbocycles. The molecular weight excluding hydrogens is 356 g/mol. The summed E-state index contributed by atoms with van der Waals surface area (Å²) < 4.78 is 6.03. The van der Waals surface area contributed by atoms with E-state index >= 15 is 0 Å². The molecule has 140 valence electrons. The largest absolute Gasteiger partial charge is 0.431 e. The van der Waals surface area contributed by atoms with Gasteiger partial charge in [0.2, 0.25) is 5.91 Å². The third-order valence-electron chi connectivity index (χ3n) is 4.41. The van der Waals surface area contributed by atoms with Crippen LogP contribution in [0, 0.1) is 5.92 Å². The van der Waals surface area contributed by atoms with Gasteiger partial charge in [0.25, 0.3) is 5.22 Å². The monoisotopic (exact) mass is 380 g/mol. The van der Waals surface area contributed by atoms with Crippen LogP contribution >= 0.6 is 11.8 Å². The molecule has 5 heteroatoms. The molecule has 1 N–H and O–H groups in total. The Kier molecular flexibility index (Phi) is 6.35. The van der Waals surface area contributed by atoms with Crippen molar-refractivity contribution in [2.75, 3.05) is 5.75 Å². The minimum absolute atomic E-state index is 0.0121. The van der Waals surface area contributed by atoms with E-state index in [0.717, 1.165) is 22.6 Å². The molecule has 1 heterocycles. The summed E-state index contributed by atoms with van der Waals surface area (Å²) in [6, 6.07) is 20.0. The molecule has 2 aromatic carbocycles. The van der Waals surface area contributed by atoms with E-state index in [1.807, 2.05) is 67.6 Å². The van der Waals surface area contributed by atoms with Crippen LogP contribution in [0.2, 0.25) is 0 Å². The van der Waals surface area contributed by atoms with E-state index < -0.39 is 0 Å². The molecule has 0 spiro atoms. The smallest absolute Gasteiger partial charge is 0.257 e. The van der Waals surface area contributed by atoms with Gasteiger partial charge < -0.3 is 9.73 Å². The number of hydrogen-bond donors (Lipinski definition) is 1. The summed E-state index contributed by atoms with van der Waals surface area (Å²) in [7, 11) is 0. The van der Waals surface area contributed by atoms with Gasteiger partial charge in [-0.3, -0.25) is 4.79 Å². The van der Waals surface area contributed by atoms with E-state index in [4.69, 9.17) is 4.42 Å². The van der Waals surface area contributed by atoms with Gasteiger partial charge in [0.15, 0.2) is 5.76 Å². The average Bonchev–Trinajstić information content (AvgIpc) is 3.12. The predicted molar refractivity (Wildman–Crippen MR) is 111 cm³/mol. The Balaban J connectivity index is 1.81. The molecule has 1 atom stereocenters. The molecule has 0 saturated heterocycles. The molecule has 27 heavy (non-hydrogen) atoms. The second kappa shape index (κ2) is 8.91. The van der Waals surface area contributed by atoms with Gasteiger partial charge >= 0.3 is 0 Å². The van der Waals surface area contributed by atoms with Crippen LogP contribution in [-0.4, -0.2) is 22.7 Å². The number of thioether (sulfide) groups is 1. The first-order valence-electron chi connectivity index (χ1n) is 9.08. The first kappa shape index (κ1) is 19.2. The zero-order valence-electron chi connectivity index (χ0n) is 15.8. The van der Waals surface area contributed by atoms with Gasteiger partial charge in [-0.15, -0.1) is 0 Å². The van der Waals surface area contributed by atoms with E-state index in [1.54, 1.807) is 0 Å². The van der Waals surface area contributed by atoms with Crippen LogP contribution in [0.25, 0.3) is 22.6 Å². The molecule has 3 aromatic rings. The highest BCUT2D eigenvalue weighted by Gasteiger charge is 2.18. The highest BCUT2D eigenvalue weighted by molar-refractivity contribution is 7.99. The second-order valence-electron chi connectivity index (χ2n) is 6.78. The van der Waals surface area contributed by atoms with E-state index in [1.165, 1.54) is 11.8 Å². The van der Waals surface area contributed by atoms with Crippen LogP contribution < -0.4 is 5.32 Å². The topological polar surface area (TPSA) is 55.1 Å². The van der Waals surface area contributed by atoms with Crippen LogP contribution in [0.15, 0.2) is 70.3 Å². The molecule has 0 radical (unpaired) electrons. The Hall–Kier alpha value is -2.53. The van der Waals surface area contributed by atoms with E-state index in [-0.39, 0.29) is 17.7 Å². The van der Waals surface area contributed by atoms with Gasteiger partial charge in [0.05, 0.1) is 5.75 Å². The van der Waals surface area contributed by atoms with Crippen molar-refractivity contribution in [2.24, 2.45) is 5.92 Å². The van der Waals surface area contributed by atoms with Crippen molar-refractivity contribution in [3.63, 3.8) is 0 Å². The van der Waals surface area contributed by atoms with Crippen LogP contribution in [0.4, 0.5) is 0 Å². The number of amides is 1. The Morgan fingerprint density at radius 1 is 1.00 bits per heavy atom. The number of oxazole rings is 1. The fraction of sp³-hybridized carbons (Fsp3) is 0.273. The van der Waals surface area contributed by atoms with E-state index in [2.05, 4.69) is 24.1 Å². The van der Waals surface area contributed by atoms with Gasteiger partial charge in [0.1, 0.15) is 5.69 Å². The average molecular weight is 381 g/mol. The van der Waals surface area contributed by atoms with Gasteiger partial charge in [-0.1, -0.05) is 86.3 Å². The van der Waals surface area contributed by atoms with Gasteiger partial charge in [-0.05, 0) is 12.8 Å². The Morgan fingerprint density at radius 3 is 2.19 bits per heavy atom. The Bertz CT molecular complexity index is 819. The lowest BCUT2D eigenvalue weighted by Gasteiger charge is -2.16. The van der Waals surface area contributed by atoms with Gasteiger partial charge in [0, 0.05) is 17.2 Å². The van der Waals surface area contributed by atoms with E-state index in [0.29, 0.717) is 11.1 Å². The minimum Gasteiger partial charge on any atom is -0.431 e. The minimum atomic E-state index is -0.0121. The molecule has 0 fully saturated rings. The zero-order chi connectivity index (χ0) is 19.2. The van der Waals surface area contributed by atoms with Crippen molar-refractivity contribution in [3.8, 4) is 22.6 Å². The van der Waals surface area contributed by atoms with Crippen molar-refractivity contribution >= 4 is 17.7 Å². The van der Waals surface area contributed by atoms with Crippen LogP contribution in [0.3, 0.4) is 0 Å². The Morgan fingerprint density at radius 2 is 1.59 bits per heavy atom. The number of nitrogens with one attached hydrogen (secondary N) is 1. The maximum atomic E-state index is 12.2. The normalized spacial score (nSPS) is 12.1. The number of nitrogens with zero attached hydrogens (tertiary/aromatic N) is 1. The summed E-state index contributed by atoms with van der Waals surface area (Å²) >= 11 is 1.32. The third-order valence-corrected chi connectivity index (χ3v) is 5.23. The predicted octanol–water partition coefficient (Wildman–Crippen LogP) is 5.26. The van der Waals surface area contributed by atoms with Gasteiger partial charge in [-0.2, -0.15) is 0 Å². The second-order valence-corrected chi connectivity index (χ2v) is 7.71. The summed E-state index contributed by atoms with van der Waals surface area (Å²) in [5.41, 5.74) is 2.75. The van der Waals surface area contributed by atoms with Crippen molar-refractivity contribution in [2.45, 2.75) is 32.0 Å². The van der Waals surface area contributed by atoms with Crippen molar-refractivity contribution < 1.29 is 9.21 Å². The third kappa shape index (κ3) is 5.01. The standard InChI is InChI=1S/C22H24N2O2S/c1-15(2)16(3)23-19(25)14-27-22-24-20(17-10-6-4-7-11-17)21(26-22)18-12-8-5-9-13-18/h4-13,15-16H,14H2,1-3H3,(H,23,25)/t16-/m0/s1. The summed E-state index contributed by atoms with van der Waals surface area (Å²) in [5.74, 6) is 1.39.